The Hall–Kier alpha value is -0.970. The van der Waals surface area contributed by atoms with Gasteiger partial charge in [-0.2, -0.15) is 0 Å². The molecule has 0 aliphatic carbocycles. The van der Waals surface area contributed by atoms with E-state index in [4.69, 9.17) is 22.1 Å². The van der Waals surface area contributed by atoms with Gasteiger partial charge in [0, 0.05) is 31.2 Å². The van der Waals surface area contributed by atoms with Crippen molar-refractivity contribution in [3.05, 3.63) is 23.2 Å². The Kier molecular flexibility index (Phi) is 5.31. The fourth-order valence-electron chi connectivity index (χ4n) is 2.44. The van der Waals surface area contributed by atoms with Crippen LogP contribution in [-0.2, 0) is 0 Å². The van der Waals surface area contributed by atoms with Crippen molar-refractivity contribution in [3.63, 3.8) is 0 Å². The van der Waals surface area contributed by atoms with Crippen LogP contribution in [-0.4, -0.2) is 51.3 Å². The lowest BCUT2D eigenvalue weighted by atomic mass is 10.2. The molecule has 1 saturated heterocycles. The molecule has 1 aliphatic heterocycles. The second kappa shape index (κ2) is 6.98. The van der Waals surface area contributed by atoms with Crippen molar-refractivity contribution in [2.75, 3.05) is 51.3 Å². The summed E-state index contributed by atoms with van der Waals surface area (Å²) >= 11 is 6.08. The summed E-state index contributed by atoms with van der Waals surface area (Å²) < 4.78 is 5.41. The van der Waals surface area contributed by atoms with E-state index in [9.17, 15) is 0 Å². The van der Waals surface area contributed by atoms with Gasteiger partial charge in [0.1, 0.15) is 5.75 Å². The number of hydrogen-bond donors (Lipinski definition) is 1. The average Bonchev–Trinajstić information content (AvgIpc) is 2.45. The Bertz CT molecular complexity index is 406. The van der Waals surface area contributed by atoms with Crippen LogP contribution < -0.4 is 15.4 Å². The SMILES string of the molecule is COc1ccc(Cl)cc1N1CCN(CCCN)CC1. The van der Waals surface area contributed by atoms with Crippen molar-refractivity contribution in [1.82, 2.24) is 4.90 Å². The maximum atomic E-state index is 6.08. The lowest BCUT2D eigenvalue weighted by molar-refractivity contribution is 0.255. The fraction of sp³-hybridized carbons (Fsp3) is 0.571. The van der Waals surface area contributed by atoms with Gasteiger partial charge in [0.25, 0.3) is 0 Å². The minimum atomic E-state index is 0.751. The summed E-state index contributed by atoms with van der Waals surface area (Å²) in [6.07, 6.45) is 1.07. The van der Waals surface area contributed by atoms with Gasteiger partial charge < -0.3 is 15.4 Å². The molecule has 0 bridgehead atoms. The highest BCUT2D eigenvalue weighted by Gasteiger charge is 2.19. The zero-order chi connectivity index (χ0) is 13.7. The Morgan fingerprint density at radius 1 is 1.26 bits per heavy atom. The van der Waals surface area contributed by atoms with Crippen molar-refractivity contribution >= 4 is 17.3 Å². The molecule has 0 atom stereocenters. The number of nitrogens with zero attached hydrogens (tertiary/aromatic N) is 2. The monoisotopic (exact) mass is 283 g/mol. The zero-order valence-electron chi connectivity index (χ0n) is 11.4. The number of methoxy groups -OCH3 is 1. The number of anilines is 1. The maximum absolute atomic E-state index is 6.08. The van der Waals surface area contributed by atoms with Crippen LogP contribution in [0.15, 0.2) is 18.2 Å². The minimum absolute atomic E-state index is 0.751. The third-order valence-electron chi connectivity index (χ3n) is 3.53. The predicted molar refractivity (Wildman–Crippen MR) is 80.3 cm³/mol. The van der Waals surface area contributed by atoms with E-state index in [1.165, 1.54) is 0 Å². The molecular formula is C14H22ClN3O. The van der Waals surface area contributed by atoms with E-state index in [-0.39, 0.29) is 0 Å². The van der Waals surface area contributed by atoms with Gasteiger partial charge >= 0.3 is 0 Å². The first-order valence-corrected chi connectivity index (χ1v) is 7.13. The van der Waals surface area contributed by atoms with Crippen molar-refractivity contribution < 1.29 is 4.74 Å². The molecule has 0 aromatic heterocycles. The van der Waals surface area contributed by atoms with Gasteiger partial charge in [0.05, 0.1) is 12.8 Å². The van der Waals surface area contributed by atoms with Gasteiger partial charge in [-0.25, -0.2) is 0 Å². The van der Waals surface area contributed by atoms with E-state index in [2.05, 4.69) is 9.80 Å². The summed E-state index contributed by atoms with van der Waals surface area (Å²) in [5.74, 6) is 0.889. The molecule has 1 aromatic rings. The molecule has 1 aromatic carbocycles. The number of benzene rings is 1. The molecule has 2 rings (SSSR count). The lowest BCUT2D eigenvalue weighted by Gasteiger charge is -2.36. The number of nitrogens with two attached hydrogens (primary N) is 1. The Morgan fingerprint density at radius 2 is 2.00 bits per heavy atom. The summed E-state index contributed by atoms with van der Waals surface area (Å²) in [4.78, 5) is 4.80. The number of halogens is 1. The first-order chi connectivity index (χ1) is 9.24. The second-order valence-electron chi connectivity index (χ2n) is 4.79. The summed E-state index contributed by atoms with van der Waals surface area (Å²) in [6.45, 7) is 5.99. The number of ether oxygens (including phenoxy) is 1. The quantitative estimate of drug-likeness (QED) is 0.895. The summed E-state index contributed by atoms with van der Waals surface area (Å²) in [5, 5.41) is 0.751. The number of piperazine rings is 1. The Labute approximate surface area is 120 Å². The molecule has 0 amide bonds. The molecule has 0 saturated carbocycles. The molecule has 5 heteroatoms. The van der Waals surface area contributed by atoms with Gasteiger partial charge in [-0.1, -0.05) is 11.6 Å². The second-order valence-corrected chi connectivity index (χ2v) is 5.22. The standard InChI is InChI=1S/C14H22ClN3O/c1-19-14-4-3-12(15)11-13(14)18-9-7-17(8-10-18)6-2-5-16/h3-4,11H,2,5-10,16H2,1H3. The predicted octanol–water partition coefficient (Wildman–Crippen LogP) is 1.82. The van der Waals surface area contributed by atoms with E-state index in [1.807, 2.05) is 18.2 Å². The lowest BCUT2D eigenvalue weighted by Crippen LogP contribution is -2.47. The molecule has 0 unspecified atom stereocenters. The van der Waals surface area contributed by atoms with Gasteiger partial charge in [-0.05, 0) is 37.7 Å². The molecule has 0 spiro atoms. The molecule has 1 fully saturated rings. The highest BCUT2D eigenvalue weighted by molar-refractivity contribution is 6.30. The van der Waals surface area contributed by atoms with E-state index in [0.29, 0.717) is 0 Å². The van der Waals surface area contributed by atoms with Gasteiger partial charge in [0.2, 0.25) is 0 Å². The number of rotatable bonds is 5. The van der Waals surface area contributed by atoms with Crippen LogP contribution in [0.25, 0.3) is 0 Å². The molecular weight excluding hydrogens is 262 g/mol. The van der Waals surface area contributed by atoms with Gasteiger partial charge in [-0.3, -0.25) is 4.90 Å². The minimum Gasteiger partial charge on any atom is -0.495 e. The summed E-state index contributed by atoms with van der Waals surface area (Å²) in [5.41, 5.74) is 6.64. The average molecular weight is 284 g/mol. The first kappa shape index (κ1) is 14.4. The van der Waals surface area contributed by atoms with Crippen molar-refractivity contribution in [3.8, 4) is 5.75 Å². The molecule has 19 heavy (non-hydrogen) atoms. The normalized spacial score (nSPS) is 16.7. The molecule has 2 N–H and O–H groups in total. The van der Waals surface area contributed by atoms with Crippen molar-refractivity contribution in [1.29, 1.82) is 0 Å². The van der Waals surface area contributed by atoms with Crippen LogP contribution in [0.2, 0.25) is 5.02 Å². The molecule has 0 radical (unpaired) electrons. The largest absolute Gasteiger partial charge is 0.495 e. The van der Waals surface area contributed by atoms with E-state index in [0.717, 1.165) is 62.1 Å². The first-order valence-electron chi connectivity index (χ1n) is 6.75. The molecule has 1 heterocycles. The summed E-state index contributed by atoms with van der Waals surface area (Å²) in [6, 6.07) is 5.77. The van der Waals surface area contributed by atoms with Crippen LogP contribution in [0, 0.1) is 0 Å². The van der Waals surface area contributed by atoms with Crippen LogP contribution in [0.3, 0.4) is 0 Å². The van der Waals surface area contributed by atoms with Crippen molar-refractivity contribution in [2.45, 2.75) is 6.42 Å². The zero-order valence-corrected chi connectivity index (χ0v) is 12.2. The third kappa shape index (κ3) is 3.75. The smallest absolute Gasteiger partial charge is 0.142 e. The van der Waals surface area contributed by atoms with Crippen LogP contribution in [0.5, 0.6) is 5.75 Å². The molecule has 1 aliphatic rings. The van der Waals surface area contributed by atoms with Gasteiger partial charge in [0.15, 0.2) is 0 Å². The van der Waals surface area contributed by atoms with Gasteiger partial charge in [-0.15, -0.1) is 0 Å². The van der Waals surface area contributed by atoms with E-state index >= 15 is 0 Å². The highest BCUT2D eigenvalue weighted by atomic mass is 35.5. The van der Waals surface area contributed by atoms with E-state index in [1.54, 1.807) is 7.11 Å². The third-order valence-corrected chi connectivity index (χ3v) is 3.77. The highest BCUT2D eigenvalue weighted by Crippen LogP contribution is 2.31. The molecule has 4 nitrogen and oxygen atoms in total. The Morgan fingerprint density at radius 3 is 2.63 bits per heavy atom. The Balaban J connectivity index is 1.99. The summed E-state index contributed by atoms with van der Waals surface area (Å²) in [7, 11) is 1.70. The fourth-order valence-corrected chi connectivity index (χ4v) is 2.60. The van der Waals surface area contributed by atoms with Crippen LogP contribution in [0.1, 0.15) is 6.42 Å². The van der Waals surface area contributed by atoms with E-state index < -0.39 is 0 Å². The van der Waals surface area contributed by atoms with Crippen molar-refractivity contribution in [2.24, 2.45) is 5.73 Å². The maximum Gasteiger partial charge on any atom is 0.142 e. The van der Waals surface area contributed by atoms with Crippen LogP contribution in [0.4, 0.5) is 5.69 Å². The van der Waals surface area contributed by atoms with Crippen LogP contribution >= 0.6 is 11.6 Å². The molecule has 106 valence electrons. The topological polar surface area (TPSA) is 41.7 Å². The number of hydrogen-bond acceptors (Lipinski definition) is 4.